The lowest BCUT2D eigenvalue weighted by Gasteiger charge is -2.49. The molecule has 1 atom stereocenters. The molecule has 2 amide bonds. The molecule has 1 fully saturated rings. The predicted octanol–water partition coefficient (Wildman–Crippen LogP) is 4.95. The number of primary amides is 1. The summed E-state index contributed by atoms with van der Waals surface area (Å²) in [6.07, 6.45) is 4.16. The summed E-state index contributed by atoms with van der Waals surface area (Å²) in [5.74, 6) is -0.410. The normalized spacial score (nSPS) is 16.0. The molecule has 3 rings (SSSR count). The summed E-state index contributed by atoms with van der Waals surface area (Å²) in [5.41, 5.74) is 4.57. The molecule has 2 aromatic carbocycles. The highest BCUT2D eigenvalue weighted by atomic mass is 16.6. The lowest BCUT2D eigenvalue weighted by molar-refractivity contribution is -0.384. The molecule has 0 spiro atoms. The van der Waals surface area contributed by atoms with Crippen molar-refractivity contribution in [3.8, 4) is 11.5 Å². The zero-order valence-electron chi connectivity index (χ0n) is 21.6. The van der Waals surface area contributed by atoms with Gasteiger partial charge >= 0.3 is 0 Å². The minimum Gasteiger partial charge on any atom is -0.493 e. The van der Waals surface area contributed by atoms with Gasteiger partial charge in [-0.25, -0.2) is 0 Å². The molecular formula is C27H35N3O6. The Morgan fingerprint density at radius 2 is 1.56 bits per heavy atom. The number of nitrogens with two attached hydrogens (primary N) is 1. The van der Waals surface area contributed by atoms with Gasteiger partial charge in [0.1, 0.15) is 0 Å². The predicted molar refractivity (Wildman–Crippen MR) is 137 cm³/mol. The van der Waals surface area contributed by atoms with E-state index in [1.165, 1.54) is 31.3 Å². The van der Waals surface area contributed by atoms with Gasteiger partial charge in [0.05, 0.1) is 19.1 Å². The molecule has 0 radical (unpaired) electrons. The van der Waals surface area contributed by atoms with Gasteiger partial charge in [-0.15, -0.1) is 0 Å². The zero-order chi connectivity index (χ0) is 26.7. The fraction of sp³-hybridized carbons (Fsp3) is 0.481. The van der Waals surface area contributed by atoms with Crippen molar-refractivity contribution in [1.29, 1.82) is 0 Å². The number of benzene rings is 2. The van der Waals surface area contributed by atoms with E-state index in [9.17, 15) is 19.7 Å². The lowest BCUT2D eigenvalue weighted by atomic mass is 9.68. The Labute approximate surface area is 211 Å². The summed E-state index contributed by atoms with van der Waals surface area (Å²) < 4.78 is 10.9. The molecule has 0 aliphatic heterocycles. The number of hydrogen-bond acceptors (Lipinski definition) is 6. The highest BCUT2D eigenvalue weighted by molar-refractivity contribution is 6.06. The van der Waals surface area contributed by atoms with Gasteiger partial charge in [-0.1, -0.05) is 40.0 Å². The number of hydrogen-bond donors (Lipinski definition) is 1. The van der Waals surface area contributed by atoms with Gasteiger partial charge in [-0.05, 0) is 48.6 Å². The van der Waals surface area contributed by atoms with Crippen LogP contribution >= 0.6 is 0 Å². The van der Waals surface area contributed by atoms with E-state index in [2.05, 4.69) is 0 Å². The third-order valence-corrected chi connectivity index (χ3v) is 6.91. The first-order valence-electron chi connectivity index (χ1n) is 12.1. The van der Waals surface area contributed by atoms with Crippen LogP contribution in [-0.4, -0.2) is 31.0 Å². The molecular weight excluding hydrogens is 462 g/mol. The molecule has 1 saturated carbocycles. The summed E-state index contributed by atoms with van der Waals surface area (Å²) in [6, 6.07) is 10.8. The minimum absolute atomic E-state index is 0.111. The van der Waals surface area contributed by atoms with Crippen LogP contribution in [0.15, 0.2) is 42.5 Å². The topological polar surface area (TPSA) is 125 Å². The number of anilines is 1. The van der Waals surface area contributed by atoms with Crippen LogP contribution in [0.5, 0.6) is 11.5 Å². The lowest BCUT2D eigenvalue weighted by Crippen LogP contribution is -2.63. The van der Waals surface area contributed by atoms with Crippen LogP contribution in [-0.2, 0) is 15.1 Å². The Morgan fingerprint density at radius 3 is 2.03 bits per heavy atom. The third kappa shape index (κ3) is 4.87. The van der Waals surface area contributed by atoms with Gasteiger partial charge in [-0.3, -0.25) is 24.6 Å². The number of amides is 2. The van der Waals surface area contributed by atoms with E-state index in [4.69, 9.17) is 15.2 Å². The van der Waals surface area contributed by atoms with Gasteiger partial charge in [0.15, 0.2) is 17.0 Å². The van der Waals surface area contributed by atoms with E-state index in [0.29, 0.717) is 35.6 Å². The van der Waals surface area contributed by atoms with Crippen LogP contribution in [0, 0.1) is 21.4 Å². The fourth-order valence-electron chi connectivity index (χ4n) is 5.14. The van der Waals surface area contributed by atoms with Crippen molar-refractivity contribution in [2.75, 3.05) is 19.1 Å². The van der Waals surface area contributed by atoms with Crippen molar-refractivity contribution < 1.29 is 24.0 Å². The van der Waals surface area contributed by atoms with Crippen LogP contribution in [0.25, 0.3) is 0 Å². The molecule has 36 heavy (non-hydrogen) atoms. The maximum Gasteiger partial charge on any atom is 0.269 e. The van der Waals surface area contributed by atoms with E-state index >= 15 is 0 Å². The van der Waals surface area contributed by atoms with E-state index in [-0.39, 0.29) is 17.5 Å². The maximum atomic E-state index is 14.2. The molecule has 0 saturated heterocycles. The van der Waals surface area contributed by atoms with E-state index in [0.717, 1.165) is 19.3 Å². The van der Waals surface area contributed by atoms with Gasteiger partial charge in [0.2, 0.25) is 11.8 Å². The van der Waals surface area contributed by atoms with Crippen molar-refractivity contribution in [3.05, 3.63) is 58.1 Å². The summed E-state index contributed by atoms with van der Waals surface area (Å²) in [6.45, 7) is 5.35. The largest absolute Gasteiger partial charge is 0.493 e. The average molecular weight is 498 g/mol. The Bertz CT molecular complexity index is 1120. The van der Waals surface area contributed by atoms with E-state index in [1.54, 1.807) is 51.1 Å². The fourth-order valence-corrected chi connectivity index (χ4v) is 5.14. The van der Waals surface area contributed by atoms with Crippen LogP contribution in [0.3, 0.4) is 0 Å². The number of nitro groups is 1. The quantitative estimate of drug-likeness (QED) is 0.406. The molecule has 1 aliphatic carbocycles. The van der Waals surface area contributed by atoms with Crippen LogP contribution in [0.4, 0.5) is 11.4 Å². The second-order valence-corrected chi connectivity index (χ2v) is 10.2. The number of carbonyl (C=O) groups is 2. The smallest absolute Gasteiger partial charge is 0.269 e. The number of rotatable bonds is 8. The first-order chi connectivity index (χ1) is 17.0. The summed E-state index contributed by atoms with van der Waals surface area (Å²) in [7, 11) is 3.01. The summed E-state index contributed by atoms with van der Waals surface area (Å²) in [4.78, 5) is 40.2. The number of ether oxygens (including phenoxy) is 2. The molecule has 194 valence electrons. The van der Waals surface area contributed by atoms with Crippen LogP contribution < -0.4 is 20.1 Å². The maximum absolute atomic E-state index is 14.2. The first kappa shape index (κ1) is 27.0. The Morgan fingerprint density at radius 1 is 0.972 bits per heavy atom. The van der Waals surface area contributed by atoms with Gasteiger partial charge in [-0.2, -0.15) is 0 Å². The number of carbonyl (C=O) groups excluding carboxylic acids is 2. The summed E-state index contributed by atoms with van der Waals surface area (Å²) >= 11 is 0. The van der Waals surface area contributed by atoms with Crippen LogP contribution in [0.1, 0.15) is 58.4 Å². The number of non-ortho nitro benzene ring substituents is 1. The molecule has 9 heteroatoms. The standard InChI is InChI=1S/C27H35N3O6/c1-26(2,3)25(32)29(21-15-16-22(35-4)23(17-21)36-5)27(24(28)31,18-9-7-6-8-10-18)19-11-13-20(14-12-19)30(33)34/h11-18H,6-10H2,1-5H3,(H2,28,31). The monoisotopic (exact) mass is 497 g/mol. The van der Waals surface area contributed by atoms with Crippen molar-refractivity contribution in [2.24, 2.45) is 17.1 Å². The molecule has 1 unspecified atom stereocenters. The third-order valence-electron chi connectivity index (χ3n) is 6.91. The molecule has 2 N–H and O–H groups in total. The number of nitrogens with zero attached hydrogens (tertiary/aromatic N) is 2. The molecule has 2 aromatic rings. The minimum atomic E-state index is -1.57. The van der Waals surface area contributed by atoms with Crippen molar-refractivity contribution in [2.45, 2.75) is 58.4 Å². The van der Waals surface area contributed by atoms with Crippen molar-refractivity contribution in [3.63, 3.8) is 0 Å². The van der Waals surface area contributed by atoms with Crippen molar-refractivity contribution >= 4 is 23.2 Å². The average Bonchev–Trinajstić information content (AvgIpc) is 2.86. The Balaban J connectivity index is 2.40. The first-order valence-corrected chi connectivity index (χ1v) is 12.1. The van der Waals surface area contributed by atoms with Crippen molar-refractivity contribution in [1.82, 2.24) is 0 Å². The number of methoxy groups -OCH3 is 2. The number of nitro benzene ring substituents is 1. The Hall–Kier alpha value is -3.62. The highest BCUT2D eigenvalue weighted by Crippen LogP contribution is 2.48. The second kappa shape index (κ2) is 10.6. The molecule has 1 aliphatic rings. The van der Waals surface area contributed by atoms with E-state index in [1.807, 2.05) is 0 Å². The van der Waals surface area contributed by atoms with Gasteiger partial charge in [0.25, 0.3) is 5.69 Å². The second-order valence-electron chi connectivity index (χ2n) is 10.2. The SMILES string of the molecule is COc1ccc(N(C(=O)C(C)(C)C)C(C(N)=O)(c2ccc([N+](=O)[O-])cc2)C2CCCCC2)cc1OC. The Kier molecular flexibility index (Phi) is 7.91. The molecule has 0 bridgehead atoms. The molecule has 0 aromatic heterocycles. The molecule has 0 heterocycles. The van der Waals surface area contributed by atoms with Gasteiger partial charge in [0, 0.05) is 29.3 Å². The zero-order valence-corrected chi connectivity index (χ0v) is 21.6. The summed E-state index contributed by atoms with van der Waals surface area (Å²) in [5, 5.41) is 11.3. The molecule has 9 nitrogen and oxygen atoms in total. The van der Waals surface area contributed by atoms with Gasteiger partial charge < -0.3 is 15.2 Å². The van der Waals surface area contributed by atoms with Crippen LogP contribution in [0.2, 0.25) is 0 Å². The highest BCUT2D eigenvalue weighted by Gasteiger charge is 2.55. The van der Waals surface area contributed by atoms with E-state index < -0.39 is 21.8 Å².